The minimum Gasteiger partial charge on any atom is -0.455 e. The number of H-pyrrole nitrogens is 2. The number of nitrogens with one attached hydrogen (secondary N) is 2. The second kappa shape index (κ2) is 6.27. The summed E-state index contributed by atoms with van der Waals surface area (Å²) in [6.45, 7) is 0. The minimum atomic E-state index is -0.244. The number of furan rings is 1. The van der Waals surface area contributed by atoms with Crippen LogP contribution in [0.2, 0.25) is 10.0 Å². The van der Waals surface area contributed by atoms with Crippen molar-refractivity contribution in [3.05, 3.63) is 74.8 Å². The molecule has 0 aliphatic rings. The lowest BCUT2D eigenvalue weighted by Gasteiger charge is -1.99. The SMILES string of the molecule is O=c1[nH]c2ccc(N=Cc3ccc(-c4cc(Cl)cc(Cl)c4)o3)cc2[nH]1. The molecule has 124 valence electrons. The number of rotatable bonds is 3. The van der Waals surface area contributed by atoms with E-state index in [2.05, 4.69) is 15.0 Å². The lowest BCUT2D eigenvalue weighted by atomic mass is 10.2. The van der Waals surface area contributed by atoms with Gasteiger partial charge in [-0.25, -0.2) is 4.79 Å². The largest absolute Gasteiger partial charge is 0.455 e. The van der Waals surface area contributed by atoms with Crippen molar-refractivity contribution in [2.45, 2.75) is 0 Å². The summed E-state index contributed by atoms with van der Waals surface area (Å²) in [6, 6.07) is 14.3. The fourth-order valence-corrected chi connectivity index (χ4v) is 3.04. The first-order valence-corrected chi connectivity index (χ1v) is 8.15. The van der Waals surface area contributed by atoms with Crippen LogP contribution in [0.4, 0.5) is 5.69 Å². The molecule has 25 heavy (non-hydrogen) atoms. The summed E-state index contributed by atoms with van der Waals surface area (Å²) in [5.41, 5.74) is 2.69. The van der Waals surface area contributed by atoms with Crippen LogP contribution in [0.15, 0.2) is 62.7 Å². The van der Waals surface area contributed by atoms with Gasteiger partial charge in [-0.1, -0.05) is 23.2 Å². The Labute approximate surface area is 151 Å². The van der Waals surface area contributed by atoms with E-state index in [1.165, 1.54) is 0 Å². The van der Waals surface area contributed by atoms with E-state index in [0.717, 1.165) is 11.1 Å². The molecule has 0 saturated heterocycles. The van der Waals surface area contributed by atoms with Crippen LogP contribution in [0.3, 0.4) is 0 Å². The fourth-order valence-electron chi connectivity index (χ4n) is 2.51. The third-order valence-corrected chi connectivity index (χ3v) is 4.05. The Balaban J connectivity index is 1.61. The number of aliphatic imine (C=N–C) groups is 1. The van der Waals surface area contributed by atoms with Gasteiger partial charge in [0.1, 0.15) is 11.5 Å². The van der Waals surface area contributed by atoms with E-state index in [4.69, 9.17) is 27.6 Å². The molecule has 0 unspecified atom stereocenters. The molecule has 0 atom stereocenters. The lowest BCUT2D eigenvalue weighted by molar-refractivity contribution is 0.575. The van der Waals surface area contributed by atoms with Gasteiger partial charge < -0.3 is 14.4 Å². The van der Waals surface area contributed by atoms with Crippen LogP contribution in [0.25, 0.3) is 22.4 Å². The van der Waals surface area contributed by atoms with Gasteiger partial charge in [0.2, 0.25) is 0 Å². The normalized spacial score (nSPS) is 11.6. The Hall–Kier alpha value is -2.76. The minimum absolute atomic E-state index is 0.244. The Kier molecular flexibility index (Phi) is 3.95. The van der Waals surface area contributed by atoms with E-state index in [1.54, 1.807) is 36.5 Å². The first kappa shape index (κ1) is 15.7. The van der Waals surface area contributed by atoms with Crippen LogP contribution >= 0.6 is 23.2 Å². The molecule has 4 rings (SSSR count). The van der Waals surface area contributed by atoms with Crippen molar-refractivity contribution in [2.24, 2.45) is 4.99 Å². The number of aromatic amines is 2. The number of nitrogens with zero attached hydrogens (tertiary/aromatic N) is 1. The third kappa shape index (κ3) is 3.38. The summed E-state index contributed by atoms with van der Waals surface area (Å²) >= 11 is 12.0. The Morgan fingerprint density at radius 2 is 1.68 bits per heavy atom. The van der Waals surface area contributed by atoms with Crippen LogP contribution in [0.5, 0.6) is 0 Å². The average molecular weight is 372 g/mol. The number of hydrogen-bond acceptors (Lipinski definition) is 3. The van der Waals surface area contributed by atoms with Gasteiger partial charge in [-0.2, -0.15) is 0 Å². The maximum atomic E-state index is 11.3. The Bertz CT molecular complexity index is 1130. The molecular weight excluding hydrogens is 361 g/mol. The van der Waals surface area contributed by atoms with Crippen molar-refractivity contribution in [1.29, 1.82) is 0 Å². The number of benzene rings is 2. The van der Waals surface area contributed by atoms with E-state index in [9.17, 15) is 4.79 Å². The average Bonchev–Trinajstić information content (AvgIpc) is 3.17. The number of halogens is 2. The van der Waals surface area contributed by atoms with Crippen LogP contribution < -0.4 is 5.69 Å². The maximum Gasteiger partial charge on any atom is 0.323 e. The van der Waals surface area contributed by atoms with Crippen molar-refractivity contribution in [1.82, 2.24) is 9.97 Å². The second-order valence-corrected chi connectivity index (χ2v) is 6.30. The zero-order valence-corrected chi connectivity index (χ0v) is 14.2. The van der Waals surface area contributed by atoms with Crippen LogP contribution in [-0.2, 0) is 0 Å². The molecule has 0 saturated carbocycles. The summed E-state index contributed by atoms with van der Waals surface area (Å²) in [5, 5.41) is 1.09. The third-order valence-electron chi connectivity index (χ3n) is 3.61. The quantitative estimate of drug-likeness (QED) is 0.487. The molecule has 0 spiro atoms. The summed E-state index contributed by atoms with van der Waals surface area (Å²) in [4.78, 5) is 21.0. The molecule has 0 fully saturated rings. The predicted octanol–water partition coefficient (Wildman–Crippen LogP) is 5.17. The number of imidazole rings is 1. The molecular formula is C18H11Cl2N3O2. The van der Waals surface area contributed by atoms with E-state index in [1.807, 2.05) is 18.2 Å². The molecule has 4 aromatic rings. The highest BCUT2D eigenvalue weighted by molar-refractivity contribution is 6.35. The fraction of sp³-hybridized carbons (Fsp3) is 0. The van der Waals surface area contributed by atoms with Gasteiger partial charge in [-0.15, -0.1) is 0 Å². The van der Waals surface area contributed by atoms with E-state index in [0.29, 0.717) is 32.8 Å². The topological polar surface area (TPSA) is 74.2 Å². The van der Waals surface area contributed by atoms with Gasteiger partial charge in [-0.05, 0) is 48.5 Å². The highest BCUT2D eigenvalue weighted by Crippen LogP contribution is 2.28. The summed E-state index contributed by atoms with van der Waals surface area (Å²) in [6.07, 6.45) is 1.61. The number of fused-ring (bicyclic) bond motifs is 1. The lowest BCUT2D eigenvalue weighted by Crippen LogP contribution is -1.99. The molecule has 0 amide bonds. The Morgan fingerprint density at radius 1 is 0.920 bits per heavy atom. The first-order valence-electron chi connectivity index (χ1n) is 7.39. The van der Waals surface area contributed by atoms with Crippen molar-refractivity contribution >= 4 is 46.1 Å². The maximum absolute atomic E-state index is 11.3. The zero-order chi connectivity index (χ0) is 17.4. The summed E-state index contributed by atoms with van der Waals surface area (Å²) < 4.78 is 5.76. The molecule has 0 aliphatic heterocycles. The van der Waals surface area contributed by atoms with E-state index >= 15 is 0 Å². The second-order valence-electron chi connectivity index (χ2n) is 5.43. The van der Waals surface area contributed by atoms with Crippen LogP contribution in [0, 0.1) is 0 Å². The molecule has 2 N–H and O–H groups in total. The smallest absolute Gasteiger partial charge is 0.323 e. The van der Waals surface area contributed by atoms with Gasteiger partial charge in [0.25, 0.3) is 0 Å². The highest BCUT2D eigenvalue weighted by Gasteiger charge is 2.06. The molecule has 2 aromatic heterocycles. The predicted molar refractivity (Wildman–Crippen MR) is 100 cm³/mol. The molecule has 0 aliphatic carbocycles. The Morgan fingerprint density at radius 3 is 2.48 bits per heavy atom. The molecule has 0 bridgehead atoms. The highest BCUT2D eigenvalue weighted by atomic mass is 35.5. The molecule has 5 nitrogen and oxygen atoms in total. The van der Waals surface area contributed by atoms with Crippen LogP contribution in [-0.4, -0.2) is 16.2 Å². The van der Waals surface area contributed by atoms with E-state index in [-0.39, 0.29) is 5.69 Å². The van der Waals surface area contributed by atoms with Crippen molar-refractivity contribution in [3.63, 3.8) is 0 Å². The van der Waals surface area contributed by atoms with Gasteiger partial charge in [-0.3, -0.25) is 4.99 Å². The molecule has 0 radical (unpaired) electrons. The van der Waals surface area contributed by atoms with Gasteiger partial charge in [0.05, 0.1) is 22.9 Å². The standard InChI is InChI=1S/C18H11Cl2N3O2/c19-11-5-10(6-12(20)7-11)17-4-2-14(25-17)9-21-13-1-3-15-16(8-13)23-18(24)22-15/h1-9H,(H2,22,23,24). The van der Waals surface area contributed by atoms with Gasteiger partial charge in [0, 0.05) is 15.6 Å². The van der Waals surface area contributed by atoms with Gasteiger partial charge >= 0.3 is 5.69 Å². The number of aromatic nitrogens is 2. The molecule has 2 aromatic carbocycles. The molecule has 7 heteroatoms. The summed E-state index contributed by atoms with van der Waals surface area (Å²) in [5.74, 6) is 1.24. The monoisotopic (exact) mass is 371 g/mol. The number of hydrogen-bond donors (Lipinski definition) is 2. The van der Waals surface area contributed by atoms with Crippen molar-refractivity contribution in [3.8, 4) is 11.3 Å². The van der Waals surface area contributed by atoms with Gasteiger partial charge in [0.15, 0.2) is 0 Å². The zero-order valence-electron chi connectivity index (χ0n) is 12.7. The van der Waals surface area contributed by atoms with Crippen molar-refractivity contribution < 1.29 is 4.42 Å². The first-order chi connectivity index (χ1) is 12.1. The van der Waals surface area contributed by atoms with E-state index < -0.39 is 0 Å². The van der Waals surface area contributed by atoms with Crippen LogP contribution in [0.1, 0.15) is 5.76 Å². The molecule has 2 heterocycles. The summed E-state index contributed by atoms with van der Waals surface area (Å²) in [7, 11) is 0. The van der Waals surface area contributed by atoms with Crippen molar-refractivity contribution in [2.75, 3.05) is 0 Å².